The van der Waals surface area contributed by atoms with Crippen molar-refractivity contribution in [3.8, 4) is 0 Å². The molecule has 3 rings (SSSR count). The lowest BCUT2D eigenvalue weighted by molar-refractivity contribution is -0.923. The summed E-state index contributed by atoms with van der Waals surface area (Å²) >= 11 is 6.10. The van der Waals surface area contributed by atoms with E-state index in [1.807, 2.05) is 6.07 Å². The van der Waals surface area contributed by atoms with Crippen LogP contribution < -0.4 is 10.5 Å². The van der Waals surface area contributed by atoms with Gasteiger partial charge in [-0.3, -0.25) is 4.79 Å². The first-order valence-corrected chi connectivity index (χ1v) is 7.81. The van der Waals surface area contributed by atoms with Gasteiger partial charge in [0.2, 0.25) is 0 Å². The van der Waals surface area contributed by atoms with Crippen LogP contribution in [0.3, 0.4) is 0 Å². The number of hydrogen-bond donors (Lipinski definition) is 1. The van der Waals surface area contributed by atoms with E-state index in [0.29, 0.717) is 0 Å². The minimum atomic E-state index is -0.328. The number of halogens is 1. The Morgan fingerprint density at radius 1 is 1.27 bits per heavy atom. The first kappa shape index (κ1) is 15.1. The highest BCUT2D eigenvalue weighted by molar-refractivity contribution is 6.32. The Hall–Kier alpha value is -1.85. The van der Waals surface area contributed by atoms with Crippen LogP contribution >= 0.6 is 11.6 Å². The zero-order valence-electron chi connectivity index (χ0n) is 12.6. The number of hydrogen-bond acceptors (Lipinski definition) is 3. The molecule has 0 saturated carbocycles. The second-order valence-corrected chi connectivity index (χ2v) is 6.47. The summed E-state index contributed by atoms with van der Waals surface area (Å²) < 4.78 is 0.995. The number of nitrogens with one attached hydrogen (secondary N) is 1. The largest absolute Gasteiger partial charge is 0.358 e. The summed E-state index contributed by atoms with van der Waals surface area (Å²) in [5, 5.41) is 6.45. The SMILES string of the molecule is C[N+]1(Cc2ccccc2)CCN(c2cn[nH]c(=O)c2Cl)CC1. The second kappa shape index (κ2) is 6.10. The van der Waals surface area contributed by atoms with E-state index in [1.165, 1.54) is 5.56 Å². The van der Waals surface area contributed by atoms with Crippen molar-refractivity contribution in [1.29, 1.82) is 0 Å². The van der Waals surface area contributed by atoms with E-state index in [4.69, 9.17) is 11.6 Å². The maximum Gasteiger partial charge on any atom is 0.285 e. The van der Waals surface area contributed by atoms with Crippen molar-refractivity contribution in [1.82, 2.24) is 10.2 Å². The second-order valence-electron chi connectivity index (χ2n) is 6.10. The van der Waals surface area contributed by atoms with Gasteiger partial charge in [0.1, 0.15) is 11.6 Å². The van der Waals surface area contributed by atoms with Crippen LogP contribution in [0.2, 0.25) is 5.02 Å². The summed E-state index contributed by atoms with van der Waals surface area (Å²) in [6.07, 6.45) is 1.64. The first-order valence-electron chi connectivity index (χ1n) is 7.43. The van der Waals surface area contributed by atoms with Gasteiger partial charge in [0.05, 0.1) is 45.1 Å². The zero-order chi connectivity index (χ0) is 15.6. The molecule has 22 heavy (non-hydrogen) atoms. The predicted molar refractivity (Wildman–Crippen MR) is 88.1 cm³/mol. The van der Waals surface area contributed by atoms with Gasteiger partial charge >= 0.3 is 0 Å². The fourth-order valence-electron chi connectivity index (χ4n) is 2.97. The van der Waals surface area contributed by atoms with Gasteiger partial charge in [-0.15, -0.1) is 0 Å². The highest BCUT2D eigenvalue weighted by Gasteiger charge is 2.30. The van der Waals surface area contributed by atoms with Crippen molar-refractivity contribution in [3.05, 3.63) is 57.5 Å². The van der Waals surface area contributed by atoms with Crippen LogP contribution in [-0.2, 0) is 6.54 Å². The Morgan fingerprint density at radius 2 is 1.95 bits per heavy atom. The molecule has 1 aliphatic rings. The number of aromatic amines is 1. The van der Waals surface area contributed by atoms with Crippen LogP contribution in [0, 0.1) is 0 Å². The Balaban J connectivity index is 1.69. The molecule has 1 fully saturated rings. The van der Waals surface area contributed by atoms with Gasteiger partial charge in [-0.25, -0.2) is 5.10 Å². The van der Waals surface area contributed by atoms with E-state index in [-0.39, 0.29) is 10.6 Å². The summed E-state index contributed by atoms with van der Waals surface area (Å²) in [5.41, 5.74) is 1.76. The summed E-state index contributed by atoms with van der Waals surface area (Å²) in [4.78, 5) is 13.7. The normalized spacial score (nSPS) is 17.5. The van der Waals surface area contributed by atoms with E-state index in [9.17, 15) is 4.79 Å². The predicted octanol–water partition coefficient (Wildman–Crippen LogP) is 1.89. The molecule has 0 atom stereocenters. The lowest BCUT2D eigenvalue weighted by Gasteiger charge is -2.42. The van der Waals surface area contributed by atoms with E-state index in [0.717, 1.165) is 42.9 Å². The molecule has 1 saturated heterocycles. The van der Waals surface area contributed by atoms with Gasteiger partial charge in [0, 0.05) is 5.56 Å². The van der Waals surface area contributed by atoms with Crippen molar-refractivity contribution >= 4 is 17.3 Å². The van der Waals surface area contributed by atoms with Crippen molar-refractivity contribution in [3.63, 3.8) is 0 Å². The maximum atomic E-state index is 11.6. The average Bonchev–Trinajstić information content (AvgIpc) is 2.52. The third-order valence-corrected chi connectivity index (χ3v) is 4.71. The molecule has 0 unspecified atom stereocenters. The van der Waals surface area contributed by atoms with E-state index in [1.54, 1.807) is 6.20 Å². The van der Waals surface area contributed by atoms with Crippen LogP contribution in [0.25, 0.3) is 0 Å². The Bertz CT molecular complexity index is 693. The summed E-state index contributed by atoms with van der Waals surface area (Å²) in [7, 11) is 2.28. The van der Waals surface area contributed by atoms with Crippen LogP contribution in [0.15, 0.2) is 41.3 Å². The van der Waals surface area contributed by atoms with Crippen molar-refractivity contribution in [2.75, 3.05) is 38.1 Å². The van der Waals surface area contributed by atoms with Gasteiger partial charge in [-0.1, -0.05) is 41.9 Å². The molecule has 116 valence electrons. The molecule has 5 nitrogen and oxygen atoms in total. The van der Waals surface area contributed by atoms with E-state index in [2.05, 4.69) is 46.4 Å². The number of anilines is 1. The summed E-state index contributed by atoms with van der Waals surface area (Å²) in [5.74, 6) is 0. The van der Waals surface area contributed by atoms with Gasteiger partial charge in [-0.2, -0.15) is 5.10 Å². The van der Waals surface area contributed by atoms with Gasteiger partial charge in [0.15, 0.2) is 0 Å². The molecule has 2 aromatic rings. The quantitative estimate of drug-likeness (QED) is 0.879. The molecule has 1 aliphatic heterocycles. The lowest BCUT2D eigenvalue weighted by Crippen LogP contribution is -2.56. The molecule has 1 aromatic carbocycles. The maximum absolute atomic E-state index is 11.6. The average molecular weight is 320 g/mol. The van der Waals surface area contributed by atoms with Gasteiger partial charge in [-0.05, 0) is 0 Å². The fourth-order valence-corrected chi connectivity index (χ4v) is 3.18. The number of H-pyrrole nitrogens is 1. The molecule has 0 radical (unpaired) electrons. The number of aromatic nitrogens is 2. The molecule has 0 bridgehead atoms. The number of nitrogens with zero attached hydrogens (tertiary/aromatic N) is 3. The van der Waals surface area contributed by atoms with Crippen molar-refractivity contribution < 1.29 is 4.48 Å². The van der Waals surface area contributed by atoms with Gasteiger partial charge in [0.25, 0.3) is 5.56 Å². The molecular formula is C16H20ClN4O+. The number of benzene rings is 1. The zero-order valence-corrected chi connectivity index (χ0v) is 13.4. The van der Waals surface area contributed by atoms with Crippen molar-refractivity contribution in [2.24, 2.45) is 0 Å². The molecular weight excluding hydrogens is 300 g/mol. The van der Waals surface area contributed by atoms with Crippen LogP contribution in [0.4, 0.5) is 5.69 Å². The molecule has 0 spiro atoms. The van der Waals surface area contributed by atoms with Crippen molar-refractivity contribution in [2.45, 2.75) is 6.54 Å². The third kappa shape index (κ3) is 3.15. The van der Waals surface area contributed by atoms with Crippen LogP contribution in [0.1, 0.15) is 5.56 Å². The molecule has 6 heteroatoms. The number of rotatable bonds is 3. The molecule has 0 aliphatic carbocycles. The Morgan fingerprint density at radius 3 is 2.64 bits per heavy atom. The first-order chi connectivity index (χ1) is 10.6. The van der Waals surface area contributed by atoms with Crippen LogP contribution in [-0.4, -0.2) is 47.9 Å². The smallest absolute Gasteiger partial charge is 0.285 e. The standard InChI is InChI=1S/C16H19ClN4O/c1-21(12-13-5-3-2-4-6-13)9-7-20(8-10-21)14-11-18-19-16(22)15(14)17/h2-6,11H,7-10,12H2,1H3/p+1. The molecule has 0 amide bonds. The fraction of sp³-hybridized carbons (Fsp3) is 0.375. The minimum Gasteiger partial charge on any atom is -0.358 e. The van der Waals surface area contributed by atoms with E-state index >= 15 is 0 Å². The number of likely N-dealkylation sites (N-methyl/N-ethyl adjacent to an activating group) is 1. The Labute approximate surface area is 134 Å². The summed E-state index contributed by atoms with van der Waals surface area (Å²) in [6.45, 7) is 4.79. The monoisotopic (exact) mass is 319 g/mol. The minimum absolute atomic E-state index is 0.231. The topological polar surface area (TPSA) is 49.0 Å². The molecule has 1 N–H and O–H groups in total. The lowest BCUT2D eigenvalue weighted by atomic mass is 10.1. The molecule has 1 aromatic heterocycles. The summed E-state index contributed by atoms with van der Waals surface area (Å²) in [6, 6.07) is 10.6. The van der Waals surface area contributed by atoms with Gasteiger partial charge < -0.3 is 9.38 Å². The van der Waals surface area contributed by atoms with E-state index < -0.39 is 0 Å². The number of quaternary nitrogens is 1. The number of piperazine rings is 1. The molecule has 2 heterocycles. The highest BCUT2D eigenvalue weighted by atomic mass is 35.5. The highest BCUT2D eigenvalue weighted by Crippen LogP contribution is 2.24. The third-order valence-electron chi connectivity index (χ3n) is 4.34. The Kier molecular flexibility index (Phi) is 4.18. The van der Waals surface area contributed by atoms with Crippen LogP contribution in [0.5, 0.6) is 0 Å².